The Kier molecular flexibility index (Phi) is 67.4. The van der Waals surface area contributed by atoms with Crippen LogP contribution in [0.25, 0.3) is 0 Å². The number of esters is 4. The van der Waals surface area contributed by atoms with Gasteiger partial charge >= 0.3 is 39.5 Å². The van der Waals surface area contributed by atoms with Crippen molar-refractivity contribution in [2.24, 2.45) is 0 Å². The monoisotopic (exact) mass is 1400 g/mol. The summed E-state index contributed by atoms with van der Waals surface area (Å²) in [5.41, 5.74) is 0. The quantitative estimate of drug-likeness (QED) is 0.0169. The second-order valence-electron chi connectivity index (χ2n) is 25.6. The first-order valence-corrected chi connectivity index (χ1v) is 41.2. The summed E-state index contributed by atoms with van der Waals surface area (Å²) in [6.07, 6.45) is 68.9. The molecule has 0 fully saturated rings. The van der Waals surface area contributed by atoms with Crippen molar-refractivity contribution in [3.8, 4) is 0 Å². The molecule has 0 aromatic carbocycles. The maximum Gasteiger partial charge on any atom is 0.472 e. The Balaban J connectivity index is 5.35. The molecule has 0 bridgehead atoms. The number of phosphoric ester groups is 2. The zero-order valence-corrected chi connectivity index (χ0v) is 62.6. The maximum absolute atomic E-state index is 13.1. The van der Waals surface area contributed by atoms with E-state index in [-0.39, 0.29) is 25.7 Å². The largest absolute Gasteiger partial charge is 0.472 e. The molecule has 0 spiro atoms. The summed E-state index contributed by atoms with van der Waals surface area (Å²) in [4.78, 5) is 72.8. The van der Waals surface area contributed by atoms with E-state index in [0.717, 1.165) is 141 Å². The third kappa shape index (κ3) is 69.0. The Morgan fingerprint density at radius 1 is 0.302 bits per heavy atom. The molecule has 0 saturated carbocycles. The van der Waals surface area contributed by atoms with E-state index in [4.69, 9.17) is 37.0 Å². The van der Waals surface area contributed by atoms with E-state index in [1.165, 1.54) is 116 Å². The second kappa shape index (κ2) is 70.0. The van der Waals surface area contributed by atoms with Gasteiger partial charge < -0.3 is 33.8 Å². The van der Waals surface area contributed by atoms with Gasteiger partial charge in [-0.05, 0) is 116 Å². The normalized spacial score (nSPS) is 14.4. The van der Waals surface area contributed by atoms with E-state index in [2.05, 4.69) is 101 Å². The average molecular weight is 1400 g/mol. The van der Waals surface area contributed by atoms with Crippen LogP contribution in [-0.2, 0) is 65.4 Å². The Morgan fingerprint density at radius 3 is 0.875 bits per heavy atom. The Hall–Kier alpha value is -3.50. The van der Waals surface area contributed by atoms with Gasteiger partial charge in [-0.25, -0.2) is 9.13 Å². The number of ether oxygens (including phenoxy) is 4. The van der Waals surface area contributed by atoms with Gasteiger partial charge in [0.1, 0.15) is 19.3 Å². The molecule has 0 aromatic rings. The molecule has 0 rings (SSSR count). The molecule has 0 heterocycles. The summed E-state index contributed by atoms with van der Waals surface area (Å²) in [6.45, 7) is 4.71. The van der Waals surface area contributed by atoms with Gasteiger partial charge in [-0.1, -0.05) is 268 Å². The zero-order valence-electron chi connectivity index (χ0n) is 60.8. The van der Waals surface area contributed by atoms with Crippen molar-refractivity contribution in [2.45, 2.75) is 354 Å². The number of phosphoric acid groups is 2. The summed E-state index contributed by atoms with van der Waals surface area (Å²) >= 11 is 0. The third-order valence-electron chi connectivity index (χ3n) is 16.2. The fourth-order valence-corrected chi connectivity index (χ4v) is 11.9. The summed E-state index contributed by atoms with van der Waals surface area (Å²) in [7, 11) is -9.95. The minimum absolute atomic E-state index is 0.0778. The number of rotatable bonds is 72. The van der Waals surface area contributed by atoms with Crippen molar-refractivity contribution >= 4 is 39.5 Å². The lowest BCUT2D eigenvalue weighted by atomic mass is 10.0. The third-order valence-corrected chi connectivity index (χ3v) is 18.1. The first-order valence-electron chi connectivity index (χ1n) is 38.2. The van der Waals surface area contributed by atoms with Crippen molar-refractivity contribution in [1.82, 2.24) is 0 Å². The molecular weight excluding hydrogens is 1260 g/mol. The second-order valence-corrected chi connectivity index (χ2v) is 28.5. The van der Waals surface area contributed by atoms with E-state index in [0.29, 0.717) is 25.7 Å². The molecule has 0 aliphatic carbocycles. The number of hydrogen-bond donors (Lipinski definition) is 3. The van der Waals surface area contributed by atoms with Crippen LogP contribution in [0, 0.1) is 0 Å². The van der Waals surface area contributed by atoms with Crippen molar-refractivity contribution < 1.29 is 80.2 Å². The molecule has 0 saturated heterocycles. The molecular formula is C77H138O17P2. The SMILES string of the molecule is CC/C=C\C/C=C\C/C=C\C/C=C\CCCCC(=O)OCC(COP(=O)(O)OCC(O)COP(=O)(O)OCC(COC(=O)CCCCCCC/C=C\CCCCCCCC)OC(=O)CCCCCCCCCCCCCCC)OC(=O)CCCCCCC/C=C\CCCCCC. The molecule has 0 radical (unpaired) electrons. The molecule has 0 aliphatic rings. The molecule has 5 unspecified atom stereocenters. The van der Waals surface area contributed by atoms with Crippen molar-refractivity contribution in [1.29, 1.82) is 0 Å². The van der Waals surface area contributed by atoms with Gasteiger partial charge in [-0.3, -0.25) is 37.3 Å². The predicted octanol–water partition coefficient (Wildman–Crippen LogP) is 21.7. The number of carbonyl (C=O) groups is 4. The average Bonchev–Trinajstić information content (AvgIpc) is 1.14. The molecule has 0 aromatic heterocycles. The Labute approximate surface area is 583 Å². The van der Waals surface area contributed by atoms with Gasteiger partial charge in [0.15, 0.2) is 12.2 Å². The highest BCUT2D eigenvalue weighted by molar-refractivity contribution is 7.47. The summed E-state index contributed by atoms with van der Waals surface area (Å²) < 4.78 is 68.4. The van der Waals surface area contributed by atoms with Crippen LogP contribution in [0.15, 0.2) is 72.9 Å². The summed E-state index contributed by atoms with van der Waals surface area (Å²) in [5, 5.41) is 10.6. The van der Waals surface area contributed by atoms with E-state index in [1.807, 2.05) is 0 Å². The van der Waals surface area contributed by atoms with Crippen LogP contribution in [0.2, 0.25) is 0 Å². The van der Waals surface area contributed by atoms with E-state index < -0.39 is 97.5 Å². The highest BCUT2D eigenvalue weighted by Gasteiger charge is 2.30. The number of aliphatic hydroxyl groups is 1. The Morgan fingerprint density at radius 2 is 0.542 bits per heavy atom. The van der Waals surface area contributed by atoms with Gasteiger partial charge in [0, 0.05) is 25.7 Å². The molecule has 17 nitrogen and oxygen atoms in total. The van der Waals surface area contributed by atoms with Gasteiger partial charge in [-0.2, -0.15) is 0 Å². The van der Waals surface area contributed by atoms with Crippen LogP contribution in [0.4, 0.5) is 0 Å². The lowest BCUT2D eigenvalue weighted by molar-refractivity contribution is -0.161. The molecule has 558 valence electrons. The smallest absolute Gasteiger partial charge is 0.462 e. The highest BCUT2D eigenvalue weighted by atomic mass is 31.2. The van der Waals surface area contributed by atoms with Gasteiger partial charge in [-0.15, -0.1) is 0 Å². The fraction of sp³-hybridized carbons (Fsp3) is 0.792. The van der Waals surface area contributed by atoms with Crippen molar-refractivity contribution in [3.05, 3.63) is 72.9 Å². The minimum atomic E-state index is -4.98. The lowest BCUT2D eigenvalue weighted by Gasteiger charge is -2.21. The molecule has 0 aliphatic heterocycles. The molecule has 3 N–H and O–H groups in total. The number of allylic oxidation sites excluding steroid dienone is 12. The minimum Gasteiger partial charge on any atom is -0.462 e. The predicted molar refractivity (Wildman–Crippen MR) is 390 cm³/mol. The summed E-state index contributed by atoms with van der Waals surface area (Å²) in [6, 6.07) is 0. The summed E-state index contributed by atoms with van der Waals surface area (Å²) in [5.74, 6) is -2.22. The van der Waals surface area contributed by atoms with Crippen molar-refractivity contribution in [2.75, 3.05) is 39.6 Å². The van der Waals surface area contributed by atoms with Gasteiger partial charge in [0.2, 0.25) is 0 Å². The van der Waals surface area contributed by atoms with Gasteiger partial charge in [0.05, 0.1) is 26.4 Å². The molecule has 0 amide bonds. The van der Waals surface area contributed by atoms with Crippen LogP contribution in [0.5, 0.6) is 0 Å². The molecule has 5 atom stereocenters. The zero-order chi connectivity index (χ0) is 70.4. The van der Waals surface area contributed by atoms with Crippen LogP contribution in [0.1, 0.15) is 336 Å². The number of carbonyl (C=O) groups excluding carboxylic acids is 4. The van der Waals surface area contributed by atoms with Crippen molar-refractivity contribution in [3.63, 3.8) is 0 Å². The first-order chi connectivity index (χ1) is 46.7. The van der Waals surface area contributed by atoms with Crippen LogP contribution in [-0.4, -0.2) is 96.7 Å². The van der Waals surface area contributed by atoms with E-state index in [1.54, 1.807) is 0 Å². The number of aliphatic hydroxyl groups excluding tert-OH is 1. The molecule has 19 heteroatoms. The van der Waals surface area contributed by atoms with Crippen LogP contribution >= 0.6 is 15.6 Å². The standard InChI is InChI=1S/C77H138O17P2/c1-5-9-13-17-21-25-29-33-35-39-41-45-49-53-57-61-74(79)87-67-72(93-76(81)63-59-55-51-47-43-37-31-27-23-19-15-11-7-3)69-91-95(83,84)89-65-71(78)66-90-96(85,86)92-70-73(94-77(82)64-60-56-52-48-44-38-32-28-24-20-16-12-8-4)68-88-75(80)62-58-54-50-46-42-40-36-34-30-26-22-18-14-10-6-2/h9,13,21,25,27,31,33-36,41,45,71-73,78H,5-8,10-12,14-20,22-24,26,28-30,32,37-40,42-44,46-70H2,1-4H3,(H,83,84)(H,85,86)/b13-9-,25-21-,31-27-,35-33-,36-34-,45-41-. The molecule has 96 heavy (non-hydrogen) atoms. The highest BCUT2D eigenvalue weighted by Crippen LogP contribution is 2.45. The van der Waals surface area contributed by atoms with Crippen LogP contribution < -0.4 is 0 Å². The number of unbranched alkanes of at least 4 members (excludes halogenated alkanes) is 34. The topological polar surface area (TPSA) is 237 Å². The van der Waals surface area contributed by atoms with Gasteiger partial charge in [0.25, 0.3) is 0 Å². The number of hydrogen-bond acceptors (Lipinski definition) is 15. The Bertz CT molecular complexity index is 2110. The lowest BCUT2D eigenvalue weighted by Crippen LogP contribution is -2.30. The van der Waals surface area contributed by atoms with E-state index in [9.17, 15) is 43.2 Å². The fourth-order valence-electron chi connectivity index (χ4n) is 10.3. The van der Waals surface area contributed by atoms with Crippen LogP contribution in [0.3, 0.4) is 0 Å². The maximum atomic E-state index is 13.1. The first kappa shape index (κ1) is 92.5. The van der Waals surface area contributed by atoms with E-state index >= 15 is 0 Å².